The minimum absolute atomic E-state index is 0.0398. The Hall–Kier alpha value is -1.50. The topological polar surface area (TPSA) is 49.4 Å². The summed E-state index contributed by atoms with van der Waals surface area (Å²) in [4.78, 5) is 26.6. The number of carbonyl (C=O) groups excluding carboxylic acids is 2. The monoisotopic (exact) mass is 382 g/mol. The van der Waals surface area contributed by atoms with Crippen LogP contribution in [0.4, 0.5) is 5.69 Å². The van der Waals surface area contributed by atoms with Crippen molar-refractivity contribution in [2.75, 3.05) is 24.7 Å². The van der Waals surface area contributed by atoms with Crippen LogP contribution in [0.15, 0.2) is 36.4 Å². The van der Waals surface area contributed by atoms with Crippen molar-refractivity contribution < 1.29 is 9.59 Å². The van der Waals surface area contributed by atoms with Crippen molar-refractivity contribution in [2.45, 2.75) is 12.7 Å². The van der Waals surface area contributed by atoms with E-state index in [0.717, 1.165) is 26.2 Å². The molecule has 0 atom stereocenters. The maximum atomic E-state index is 12.1. The summed E-state index contributed by atoms with van der Waals surface area (Å²) in [7, 11) is 1.64. The number of thiophene rings is 1. The Morgan fingerprint density at radius 1 is 1.21 bits per heavy atom. The van der Waals surface area contributed by atoms with Crippen LogP contribution in [0.3, 0.4) is 0 Å². The molecule has 0 aliphatic carbocycles. The van der Waals surface area contributed by atoms with Gasteiger partial charge in [0.25, 0.3) is 0 Å². The fourth-order valence-electron chi connectivity index (χ4n) is 1.92. The van der Waals surface area contributed by atoms with E-state index in [4.69, 9.17) is 11.6 Å². The summed E-state index contributed by atoms with van der Waals surface area (Å²) >= 11 is 8.91. The maximum Gasteiger partial charge on any atom is 0.243 e. The number of hydrogen-bond acceptors (Lipinski definition) is 4. The normalized spacial score (nSPS) is 10.5. The number of halogens is 1. The van der Waals surface area contributed by atoms with E-state index in [2.05, 4.69) is 5.32 Å². The molecule has 1 heterocycles. The minimum atomic E-state index is -0.204. The number of thioether (sulfide) groups is 1. The average Bonchev–Trinajstić information content (AvgIpc) is 2.94. The number of nitrogens with zero attached hydrogens (tertiary/aromatic N) is 1. The van der Waals surface area contributed by atoms with Crippen LogP contribution < -0.4 is 5.32 Å². The van der Waals surface area contributed by atoms with Crippen molar-refractivity contribution in [1.29, 1.82) is 0 Å². The molecule has 4 nitrogen and oxygen atoms in total. The molecule has 1 aromatic heterocycles. The third-order valence-corrected chi connectivity index (χ3v) is 5.62. The van der Waals surface area contributed by atoms with Gasteiger partial charge >= 0.3 is 0 Å². The number of likely N-dealkylation sites (N-methyl/N-ethyl adjacent to an activating group) is 1. The van der Waals surface area contributed by atoms with Gasteiger partial charge in [-0.1, -0.05) is 29.3 Å². The summed E-state index contributed by atoms with van der Waals surface area (Å²) in [5.41, 5.74) is 1.86. The largest absolute Gasteiger partial charge is 0.336 e. The molecule has 0 fully saturated rings. The van der Waals surface area contributed by atoms with Crippen LogP contribution in [0.1, 0.15) is 10.4 Å². The second kappa shape index (κ2) is 9.11. The molecule has 7 heteroatoms. The first kappa shape index (κ1) is 18.8. The molecule has 24 heavy (non-hydrogen) atoms. The number of rotatable bonds is 7. The van der Waals surface area contributed by atoms with Crippen LogP contribution in [-0.2, 0) is 15.3 Å². The molecule has 0 unspecified atom stereocenters. The molecular weight excluding hydrogens is 364 g/mol. The van der Waals surface area contributed by atoms with Crippen LogP contribution in [0.25, 0.3) is 0 Å². The van der Waals surface area contributed by atoms with Crippen molar-refractivity contribution in [3.8, 4) is 0 Å². The van der Waals surface area contributed by atoms with Crippen LogP contribution in [0, 0.1) is 6.92 Å². The molecule has 0 radical (unpaired) electrons. The second-order valence-electron chi connectivity index (χ2n) is 5.36. The van der Waals surface area contributed by atoms with E-state index in [1.165, 1.54) is 28.0 Å². The van der Waals surface area contributed by atoms with E-state index in [-0.39, 0.29) is 18.4 Å². The number of hydrogen-bond donors (Lipinski definition) is 1. The fourth-order valence-corrected chi connectivity index (χ4v) is 4.08. The Balaban J connectivity index is 1.72. The number of carbonyl (C=O) groups is 2. The SMILES string of the molecule is Cc1ccc(NC(=O)CN(C)C(=O)CSCc2ccc(Cl)s2)cc1. The Bertz CT molecular complexity index is 701. The highest BCUT2D eigenvalue weighted by atomic mass is 35.5. The van der Waals surface area contributed by atoms with Crippen LogP contribution in [0.5, 0.6) is 0 Å². The molecule has 2 amide bonds. The maximum absolute atomic E-state index is 12.1. The summed E-state index contributed by atoms with van der Waals surface area (Å²) in [6.45, 7) is 2.03. The van der Waals surface area contributed by atoms with Crippen LogP contribution >= 0.6 is 34.7 Å². The highest BCUT2D eigenvalue weighted by molar-refractivity contribution is 7.99. The zero-order valence-electron chi connectivity index (χ0n) is 13.5. The quantitative estimate of drug-likeness (QED) is 0.786. The van der Waals surface area contributed by atoms with Gasteiger partial charge < -0.3 is 10.2 Å². The summed E-state index contributed by atoms with van der Waals surface area (Å²) in [6.07, 6.45) is 0. The third kappa shape index (κ3) is 6.19. The Labute approximate surface area is 155 Å². The third-order valence-electron chi connectivity index (χ3n) is 3.24. The van der Waals surface area contributed by atoms with Gasteiger partial charge in [0.15, 0.2) is 0 Å². The van der Waals surface area contributed by atoms with Crippen LogP contribution in [0.2, 0.25) is 4.34 Å². The molecule has 0 spiro atoms. The van der Waals surface area contributed by atoms with Gasteiger partial charge in [0.05, 0.1) is 16.6 Å². The predicted molar refractivity (Wildman–Crippen MR) is 103 cm³/mol. The zero-order chi connectivity index (χ0) is 17.5. The van der Waals surface area contributed by atoms with Gasteiger partial charge in [-0.05, 0) is 31.2 Å². The first-order valence-corrected chi connectivity index (χ1v) is 9.71. The lowest BCUT2D eigenvalue weighted by Crippen LogP contribution is -2.35. The Morgan fingerprint density at radius 2 is 1.92 bits per heavy atom. The summed E-state index contributed by atoms with van der Waals surface area (Å²) in [6, 6.07) is 11.4. The van der Waals surface area contributed by atoms with Crippen molar-refractivity contribution in [3.63, 3.8) is 0 Å². The van der Waals surface area contributed by atoms with Gasteiger partial charge in [-0.3, -0.25) is 9.59 Å². The first-order valence-electron chi connectivity index (χ1n) is 7.36. The highest BCUT2D eigenvalue weighted by Crippen LogP contribution is 2.25. The highest BCUT2D eigenvalue weighted by Gasteiger charge is 2.13. The van der Waals surface area contributed by atoms with Crippen molar-refractivity contribution >= 4 is 52.2 Å². The van der Waals surface area contributed by atoms with E-state index in [1.807, 2.05) is 43.3 Å². The molecule has 0 aliphatic heterocycles. The number of aryl methyl sites for hydroxylation is 1. The van der Waals surface area contributed by atoms with Crippen molar-refractivity contribution in [1.82, 2.24) is 4.90 Å². The fraction of sp³-hybridized carbons (Fsp3) is 0.294. The Morgan fingerprint density at radius 3 is 2.54 bits per heavy atom. The van der Waals surface area contributed by atoms with Gasteiger partial charge in [-0.25, -0.2) is 0 Å². The Kier molecular flexibility index (Phi) is 7.15. The van der Waals surface area contributed by atoms with E-state index < -0.39 is 0 Å². The van der Waals surface area contributed by atoms with Gasteiger partial charge in [0.2, 0.25) is 11.8 Å². The van der Waals surface area contributed by atoms with Gasteiger partial charge in [0.1, 0.15) is 0 Å². The standard InChI is InChI=1S/C17H19ClN2O2S2/c1-12-3-5-13(6-4-12)19-16(21)9-20(2)17(22)11-23-10-14-7-8-15(18)24-14/h3-8H,9-11H2,1-2H3,(H,19,21). The summed E-state index contributed by atoms with van der Waals surface area (Å²) < 4.78 is 0.752. The molecule has 1 aromatic carbocycles. The lowest BCUT2D eigenvalue weighted by atomic mass is 10.2. The van der Waals surface area contributed by atoms with Crippen molar-refractivity contribution in [3.05, 3.63) is 51.2 Å². The molecule has 0 bridgehead atoms. The molecule has 2 aromatic rings. The molecule has 0 aliphatic rings. The van der Waals surface area contributed by atoms with E-state index in [1.54, 1.807) is 7.05 Å². The predicted octanol–water partition coefficient (Wildman–Crippen LogP) is 4.04. The lowest BCUT2D eigenvalue weighted by Gasteiger charge is -2.16. The van der Waals surface area contributed by atoms with Crippen LogP contribution in [-0.4, -0.2) is 36.1 Å². The molecule has 0 saturated heterocycles. The van der Waals surface area contributed by atoms with E-state index in [0.29, 0.717) is 5.75 Å². The van der Waals surface area contributed by atoms with Gasteiger partial charge in [0, 0.05) is 23.4 Å². The van der Waals surface area contributed by atoms with Crippen molar-refractivity contribution in [2.24, 2.45) is 0 Å². The van der Waals surface area contributed by atoms with E-state index >= 15 is 0 Å². The molecular formula is C17H19ClN2O2S2. The smallest absolute Gasteiger partial charge is 0.243 e. The summed E-state index contributed by atoms with van der Waals surface area (Å²) in [5.74, 6) is 0.808. The second-order valence-corrected chi connectivity index (χ2v) is 8.15. The molecule has 1 N–H and O–H groups in total. The zero-order valence-corrected chi connectivity index (χ0v) is 15.9. The number of anilines is 1. The van der Waals surface area contributed by atoms with Gasteiger partial charge in [-0.2, -0.15) is 0 Å². The number of amides is 2. The minimum Gasteiger partial charge on any atom is -0.336 e. The van der Waals surface area contributed by atoms with E-state index in [9.17, 15) is 9.59 Å². The molecule has 128 valence electrons. The summed E-state index contributed by atoms with van der Waals surface area (Å²) in [5, 5.41) is 2.79. The first-order chi connectivity index (χ1) is 11.4. The van der Waals surface area contributed by atoms with Gasteiger partial charge in [-0.15, -0.1) is 23.1 Å². The number of benzene rings is 1. The average molecular weight is 383 g/mol. The lowest BCUT2D eigenvalue weighted by molar-refractivity contribution is -0.131. The molecule has 2 rings (SSSR count). The molecule has 0 saturated carbocycles. The number of nitrogens with one attached hydrogen (secondary N) is 1.